The molecule has 0 bridgehead atoms. The van der Waals surface area contributed by atoms with Gasteiger partial charge in [0.2, 0.25) is 6.79 Å². The van der Waals surface area contributed by atoms with Crippen LogP contribution in [0.25, 0.3) is 0 Å². The lowest BCUT2D eigenvalue weighted by molar-refractivity contribution is -0.386. The highest BCUT2D eigenvalue weighted by molar-refractivity contribution is 5.92. The molecule has 3 rings (SSSR count). The molecule has 1 N–H and O–H groups in total. The van der Waals surface area contributed by atoms with Crippen LogP contribution >= 0.6 is 0 Å². The molecule has 1 unspecified atom stereocenters. The van der Waals surface area contributed by atoms with Crippen molar-refractivity contribution in [1.82, 2.24) is 5.32 Å². The lowest BCUT2D eigenvalue weighted by Crippen LogP contribution is -2.31. The van der Waals surface area contributed by atoms with Gasteiger partial charge < -0.3 is 19.5 Å². The van der Waals surface area contributed by atoms with Crippen LogP contribution in [0.3, 0.4) is 0 Å². The molecule has 0 saturated carbocycles. The van der Waals surface area contributed by atoms with Gasteiger partial charge in [-0.15, -0.1) is 0 Å². The first-order valence-electron chi connectivity index (χ1n) is 9.71. The van der Waals surface area contributed by atoms with E-state index in [1.807, 2.05) is 20.8 Å². The van der Waals surface area contributed by atoms with E-state index in [2.05, 4.69) is 5.32 Å². The minimum Gasteiger partial charge on any atom is -0.454 e. The highest BCUT2D eigenvalue weighted by Crippen LogP contribution is 2.34. The Balaban J connectivity index is 1.60. The Hall–Kier alpha value is -3.62. The van der Waals surface area contributed by atoms with E-state index in [0.29, 0.717) is 17.1 Å². The largest absolute Gasteiger partial charge is 0.454 e. The summed E-state index contributed by atoms with van der Waals surface area (Å²) in [6.45, 7) is 6.97. The standard InChI is InChI=1S/C22H24N2O7/c1-13(14-6-8-18-19(10-14)31-12-30-18)23-20(25)11-29-21(26)15-5-7-16(22(2,3)4)17(9-15)24(27)28/h5-10,13H,11-12H2,1-4H3,(H,23,25). The highest BCUT2D eigenvalue weighted by Gasteiger charge is 2.26. The van der Waals surface area contributed by atoms with Crippen molar-refractivity contribution in [1.29, 1.82) is 0 Å². The molecule has 31 heavy (non-hydrogen) atoms. The Morgan fingerprint density at radius 1 is 1.16 bits per heavy atom. The van der Waals surface area contributed by atoms with Gasteiger partial charge in [-0.25, -0.2) is 4.79 Å². The molecule has 1 aliphatic heterocycles. The van der Waals surface area contributed by atoms with Crippen molar-refractivity contribution in [2.45, 2.75) is 39.2 Å². The maximum atomic E-state index is 12.3. The van der Waals surface area contributed by atoms with Crippen molar-refractivity contribution in [3.63, 3.8) is 0 Å². The van der Waals surface area contributed by atoms with Crippen molar-refractivity contribution in [3.05, 3.63) is 63.2 Å². The smallest absolute Gasteiger partial charge is 0.338 e. The summed E-state index contributed by atoms with van der Waals surface area (Å²) in [6.07, 6.45) is 0. The number of hydrogen-bond donors (Lipinski definition) is 1. The first-order valence-corrected chi connectivity index (χ1v) is 9.71. The third-order valence-electron chi connectivity index (χ3n) is 4.85. The summed E-state index contributed by atoms with van der Waals surface area (Å²) in [4.78, 5) is 35.4. The van der Waals surface area contributed by atoms with Gasteiger partial charge in [-0.2, -0.15) is 0 Å². The van der Waals surface area contributed by atoms with Gasteiger partial charge in [-0.05, 0) is 36.1 Å². The van der Waals surface area contributed by atoms with Gasteiger partial charge in [0, 0.05) is 11.6 Å². The van der Waals surface area contributed by atoms with Crippen LogP contribution in [0.15, 0.2) is 36.4 Å². The van der Waals surface area contributed by atoms with E-state index in [-0.39, 0.29) is 24.1 Å². The number of nitro benzene ring substituents is 1. The third kappa shape index (κ3) is 5.11. The molecule has 1 atom stereocenters. The minimum atomic E-state index is -0.811. The predicted octanol–water partition coefficient (Wildman–Crippen LogP) is 3.66. The number of nitro groups is 1. The van der Waals surface area contributed by atoms with Crippen LogP contribution in [0, 0.1) is 10.1 Å². The third-order valence-corrected chi connectivity index (χ3v) is 4.85. The molecular weight excluding hydrogens is 404 g/mol. The summed E-state index contributed by atoms with van der Waals surface area (Å²) >= 11 is 0. The molecule has 0 spiro atoms. The van der Waals surface area contributed by atoms with Crippen LogP contribution in [0.2, 0.25) is 0 Å². The topological polar surface area (TPSA) is 117 Å². The predicted molar refractivity (Wildman–Crippen MR) is 111 cm³/mol. The molecular formula is C22H24N2O7. The zero-order chi connectivity index (χ0) is 22.8. The van der Waals surface area contributed by atoms with Gasteiger partial charge in [-0.3, -0.25) is 14.9 Å². The van der Waals surface area contributed by atoms with Crippen LogP contribution in [0.4, 0.5) is 5.69 Å². The molecule has 1 aliphatic rings. The summed E-state index contributed by atoms with van der Waals surface area (Å²) in [7, 11) is 0. The van der Waals surface area contributed by atoms with Gasteiger partial charge in [-0.1, -0.05) is 32.9 Å². The minimum absolute atomic E-state index is 0.0105. The maximum absolute atomic E-state index is 12.3. The number of hydrogen-bond acceptors (Lipinski definition) is 7. The first kappa shape index (κ1) is 22.1. The summed E-state index contributed by atoms with van der Waals surface area (Å²) in [5, 5.41) is 14.1. The lowest BCUT2D eigenvalue weighted by Gasteiger charge is -2.19. The quantitative estimate of drug-likeness (QED) is 0.424. The van der Waals surface area contributed by atoms with E-state index in [4.69, 9.17) is 14.2 Å². The second kappa shape index (κ2) is 8.63. The van der Waals surface area contributed by atoms with Crippen LogP contribution in [-0.2, 0) is 14.9 Å². The normalized spacial score (nSPS) is 13.4. The number of esters is 1. The fraction of sp³-hybridized carbons (Fsp3) is 0.364. The van der Waals surface area contributed by atoms with Crippen molar-refractivity contribution < 1.29 is 28.7 Å². The average molecular weight is 428 g/mol. The number of nitrogens with one attached hydrogen (secondary N) is 1. The Labute approximate surface area is 179 Å². The average Bonchev–Trinajstić information content (AvgIpc) is 3.18. The summed E-state index contributed by atoms with van der Waals surface area (Å²) in [5.74, 6) is -0.0677. The highest BCUT2D eigenvalue weighted by atomic mass is 16.7. The summed E-state index contributed by atoms with van der Waals surface area (Å²) in [6, 6.07) is 9.16. The molecule has 0 aromatic heterocycles. The van der Waals surface area contributed by atoms with Gasteiger partial charge in [0.05, 0.1) is 16.5 Å². The Bertz CT molecular complexity index is 1030. The zero-order valence-electron chi connectivity index (χ0n) is 17.8. The van der Waals surface area contributed by atoms with E-state index >= 15 is 0 Å². The second-order valence-corrected chi connectivity index (χ2v) is 8.22. The van der Waals surface area contributed by atoms with Crippen molar-refractivity contribution in [2.75, 3.05) is 13.4 Å². The summed E-state index contributed by atoms with van der Waals surface area (Å²) < 4.78 is 15.6. The van der Waals surface area contributed by atoms with Crippen molar-refractivity contribution in [3.8, 4) is 11.5 Å². The molecule has 2 aromatic rings. The second-order valence-electron chi connectivity index (χ2n) is 8.22. The van der Waals surface area contributed by atoms with E-state index in [0.717, 1.165) is 5.56 Å². The van der Waals surface area contributed by atoms with Crippen LogP contribution in [-0.4, -0.2) is 30.2 Å². The fourth-order valence-electron chi connectivity index (χ4n) is 3.21. The van der Waals surface area contributed by atoms with Crippen LogP contribution in [0.5, 0.6) is 11.5 Å². The number of fused-ring (bicyclic) bond motifs is 1. The monoisotopic (exact) mass is 428 g/mol. The Kier molecular flexibility index (Phi) is 6.14. The number of carbonyl (C=O) groups excluding carboxylic acids is 2. The zero-order valence-corrected chi connectivity index (χ0v) is 17.8. The molecule has 1 amide bonds. The molecule has 0 fully saturated rings. The van der Waals surface area contributed by atoms with Crippen LogP contribution in [0.1, 0.15) is 55.2 Å². The lowest BCUT2D eigenvalue weighted by atomic mass is 9.85. The molecule has 9 nitrogen and oxygen atoms in total. The van der Waals surface area contributed by atoms with Crippen molar-refractivity contribution >= 4 is 17.6 Å². The molecule has 9 heteroatoms. The fourth-order valence-corrected chi connectivity index (χ4v) is 3.21. The number of ether oxygens (including phenoxy) is 3. The van der Waals surface area contributed by atoms with Crippen molar-refractivity contribution in [2.24, 2.45) is 0 Å². The van der Waals surface area contributed by atoms with E-state index in [9.17, 15) is 19.7 Å². The molecule has 0 aliphatic carbocycles. The van der Waals surface area contributed by atoms with Gasteiger partial charge in [0.25, 0.3) is 11.6 Å². The number of nitrogens with zero attached hydrogens (tertiary/aromatic N) is 1. The maximum Gasteiger partial charge on any atom is 0.338 e. The molecule has 164 valence electrons. The van der Waals surface area contributed by atoms with E-state index in [1.165, 1.54) is 18.2 Å². The number of benzene rings is 2. The SMILES string of the molecule is CC(NC(=O)COC(=O)c1ccc(C(C)(C)C)c([N+](=O)[O-])c1)c1ccc2c(c1)OCO2. The van der Waals surface area contributed by atoms with Gasteiger partial charge in [0.15, 0.2) is 18.1 Å². The summed E-state index contributed by atoms with van der Waals surface area (Å²) in [5.41, 5.74) is 0.691. The molecule has 2 aromatic carbocycles. The van der Waals surface area contributed by atoms with E-state index in [1.54, 1.807) is 25.1 Å². The first-order chi connectivity index (χ1) is 14.6. The molecule has 1 heterocycles. The van der Waals surface area contributed by atoms with E-state index < -0.39 is 28.8 Å². The Morgan fingerprint density at radius 2 is 1.87 bits per heavy atom. The Morgan fingerprint density at radius 3 is 2.55 bits per heavy atom. The number of carbonyl (C=O) groups is 2. The number of rotatable bonds is 6. The number of amides is 1. The molecule has 0 saturated heterocycles. The van der Waals surface area contributed by atoms with Crippen LogP contribution < -0.4 is 14.8 Å². The van der Waals surface area contributed by atoms with Gasteiger partial charge >= 0.3 is 5.97 Å². The molecule has 0 radical (unpaired) electrons. The van der Waals surface area contributed by atoms with Gasteiger partial charge in [0.1, 0.15) is 0 Å².